The number of pyridine rings is 1. The van der Waals surface area contributed by atoms with Gasteiger partial charge >= 0.3 is 0 Å². The molecule has 2 heterocycles. The van der Waals surface area contributed by atoms with Gasteiger partial charge < -0.3 is 0 Å². The van der Waals surface area contributed by atoms with Gasteiger partial charge in [0.15, 0.2) is 0 Å². The van der Waals surface area contributed by atoms with Crippen molar-refractivity contribution >= 4 is 15.9 Å². The van der Waals surface area contributed by atoms with E-state index in [4.69, 9.17) is 0 Å². The molecule has 3 aromatic rings. The van der Waals surface area contributed by atoms with Gasteiger partial charge in [0.25, 0.3) is 5.56 Å². The van der Waals surface area contributed by atoms with Gasteiger partial charge in [-0.3, -0.25) is 9.78 Å². The molecule has 0 radical (unpaired) electrons. The van der Waals surface area contributed by atoms with Crippen LogP contribution in [0.25, 0.3) is 11.3 Å². The van der Waals surface area contributed by atoms with E-state index in [2.05, 4.69) is 26.0 Å². The summed E-state index contributed by atoms with van der Waals surface area (Å²) < 4.78 is 2.44. The zero-order valence-electron chi connectivity index (χ0n) is 11.1. The fourth-order valence-corrected chi connectivity index (χ4v) is 2.25. The molecule has 0 aliphatic rings. The number of hydrogen-bond donors (Lipinski definition) is 0. The van der Waals surface area contributed by atoms with Gasteiger partial charge in [0.1, 0.15) is 0 Å². The van der Waals surface area contributed by atoms with Crippen molar-refractivity contribution in [1.29, 1.82) is 0 Å². The Morgan fingerprint density at radius 1 is 1.00 bits per heavy atom. The van der Waals surface area contributed by atoms with Gasteiger partial charge in [-0.15, -0.1) is 0 Å². The Balaban J connectivity index is 1.96. The Hall–Kier alpha value is -2.27. The SMILES string of the molecule is O=c1ccc(-c2ccc(Br)cc2)nn1Cc1ccccn1. The van der Waals surface area contributed by atoms with Crippen molar-refractivity contribution in [1.82, 2.24) is 14.8 Å². The van der Waals surface area contributed by atoms with Crippen LogP contribution >= 0.6 is 15.9 Å². The predicted octanol–water partition coefficient (Wildman–Crippen LogP) is 3.12. The zero-order valence-corrected chi connectivity index (χ0v) is 12.7. The molecule has 4 nitrogen and oxygen atoms in total. The molecule has 0 amide bonds. The molecule has 0 fully saturated rings. The third-order valence-corrected chi connectivity index (χ3v) is 3.57. The molecule has 0 unspecified atom stereocenters. The van der Waals surface area contributed by atoms with Crippen molar-refractivity contribution in [2.45, 2.75) is 6.54 Å². The van der Waals surface area contributed by atoms with Crippen LogP contribution in [0.15, 0.2) is 70.1 Å². The lowest BCUT2D eigenvalue weighted by atomic mass is 10.1. The molecule has 0 bridgehead atoms. The van der Waals surface area contributed by atoms with Crippen molar-refractivity contribution in [2.75, 3.05) is 0 Å². The third kappa shape index (κ3) is 3.25. The molecule has 0 aliphatic carbocycles. The third-order valence-electron chi connectivity index (χ3n) is 3.04. The maximum Gasteiger partial charge on any atom is 0.267 e. The second-order valence-corrected chi connectivity index (χ2v) is 5.46. The lowest BCUT2D eigenvalue weighted by molar-refractivity contribution is 0.631. The average Bonchev–Trinajstić information content (AvgIpc) is 2.51. The monoisotopic (exact) mass is 341 g/mol. The Labute approximate surface area is 130 Å². The smallest absolute Gasteiger partial charge is 0.267 e. The topological polar surface area (TPSA) is 47.8 Å². The van der Waals surface area contributed by atoms with Gasteiger partial charge in [-0.1, -0.05) is 34.1 Å². The summed E-state index contributed by atoms with van der Waals surface area (Å²) in [5.41, 5.74) is 2.40. The molecule has 104 valence electrons. The Kier molecular flexibility index (Phi) is 3.92. The summed E-state index contributed by atoms with van der Waals surface area (Å²) in [6.45, 7) is 0.365. The first kappa shape index (κ1) is 13.7. The van der Waals surface area contributed by atoms with E-state index in [1.807, 2.05) is 42.5 Å². The van der Waals surface area contributed by atoms with E-state index in [-0.39, 0.29) is 5.56 Å². The summed E-state index contributed by atoms with van der Waals surface area (Å²) in [5, 5.41) is 4.42. The van der Waals surface area contributed by atoms with Crippen LogP contribution in [0.5, 0.6) is 0 Å². The highest BCUT2D eigenvalue weighted by molar-refractivity contribution is 9.10. The molecule has 0 N–H and O–H groups in total. The second-order valence-electron chi connectivity index (χ2n) is 4.54. The van der Waals surface area contributed by atoms with E-state index < -0.39 is 0 Å². The minimum Gasteiger partial charge on any atom is -0.268 e. The number of hydrogen-bond acceptors (Lipinski definition) is 3. The summed E-state index contributed by atoms with van der Waals surface area (Å²) in [5.74, 6) is 0. The molecule has 0 saturated carbocycles. The van der Waals surface area contributed by atoms with Crippen LogP contribution in [0, 0.1) is 0 Å². The predicted molar refractivity (Wildman–Crippen MR) is 85.0 cm³/mol. The van der Waals surface area contributed by atoms with Crippen LogP contribution in [0.1, 0.15) is 5.69 Å². The number of benzene rings is 1. The standard InChI is InChI=1S/C16H12BrN3O/c17-13-6-4-12(5-7-13)15-8-9-16(21)20(19-15)11-14-3-1-2-10-18-14/h1-10H,11H2. The summed E-state index contributed by atoms with van der Waals surface area (Å²) in [4.78, 5) is 16.1. The zero-order chi connectivity index (χ0) is 14.7. The van der Waals surface area contributed by atoms with E-state index in [0.717, 1.165) is 21.4 Å². The highest BCUT2D eigenvalue weighted by atomic mass is 79.9. The van der Waals surface area contributed by atoms with E-state index in [0.29, 0.717) is 6.54 Å². The highest BCUT2D eigenvalue weighted by Gasteiger charge is 2.04. The number of rotatable bonds is 3. The van der Waals surface area contributed by atoms with Gasteiger partial charge in [-0.25, -0.2) is 4.68 Å². The number of nitrogens with zero attached hydrogens (tertiary/aromatic N) is 3. The van der Waals surface area contributed by atoms with Gasteiger partial charge in [0.05, 0.1) is 17.9 Å². The minimum atomic E-state index is -0.137. The van der Waals surface area contributed by atoms with E-state index in [1.165, 1.54) is 10.7 Å². The fourth-order valence-electron chi connectivity index (χ4n) is 1.98. The van der Waals surface area contributed by atoms with Crippen molar-refractivity contribution in [3.63, 3.8) is 0 Å². The molecule has 1 aromatic carbocycles. The van der Waals surface area contributed by atoms with Crippen LogP contribution < -0.4 is 5.56 Å². The molecule has 2 aromatic heterocycles. The van der Waals surface area contributed by atoms with Gasteiger partial charge in [-0.2, -0.15) is 5.10 Å². The molecule has 0 atom stereocenters. The van der Waals surface area contributed by atoms with Crippen LogP contribution in [0.4, 0.5) is 0 Å². The molecule has 5 heteroatoms. The first-order valence-corrected chi connectivity index (χ1v) is 7.26. The summed E-state index contributed by atoms with van der Waals surface area (Å²) in [6.07, 6.45) is 1.71. The fraction of sp³-hybridized carbons (Fsp3) is 0.0625. The molecular weight excluding hydrogens is 330 g/mol. The summed E-state index contributed by atoms with van der Waals surface area (Å²) in [6, 6.07) is 16.7. The van der Waals surface area contributed by atoms with Gasteiger partial charge in [-0.05, 0) is 30.3 Å². The summed E-state index contributed by atoms with van der Waals surface area (Å²) >= 11 is 3.40. The number of aromatic nitrogens is 3. The lowest BCUT2D eigenvalue weighted by Crippen LogP contribution is -2.23. The maximum atomic E-state index is 11.9. The first-order chi connectivity index (χ1) is 10.2. The Morgan fingerprint density at radius 2 is 1.81 bits per heavy atom. The normalized spacial score (nSPS) is 10.5. The van der Waals surface area contributed by atoms with Crippen molar-refractivity contribution in [3.8, 4) is 11.3 Å². The molecule has 21 heavy (non-hydrogen) atoms. The lowest BCUT2D eigenvalue weighted by Gasteiger charge is -2.07. The van der Waals surface area contributed by atoms with Crippen LogP contribution in [-0.2, 0) is 6.54 Å². The Morgan fingerprint density at radius 3 is 2.52 bits per heavy atom. The quantitative estimate of drug-likeness (QED) is 0.735. The van der Waals surface area contributed by atoms with Crippen LogP contribution in [-0.4, -0.2) is 14.8 Å². The summed E-state index contributed by atoms with van der Waals surface area (Å²) in [7, 11) is 0. The second kappa shape index (κ2) is 6.01. The van der Waals surface area contributed by atoms with E-state index in [9.17, 15) is 4.79 Å². The van der Waals surface area contributed by atoms with E-state index in [1.54, 1.807) is 12.3 Å². The maximum absolute atomic E-state index is 11.9. The first-order valence-electron chi connectivity index (χ1n) is 6.46. The largest absolute Gasteiger partial charge is 0.268 e. The molecule has 3 rings (SSSR count). The molecule has 0 saturated heterocycles. The Bertz CT molecular complexity index is 798. The van der Waals surface area contributed by atoms with Crippen LogP contribution in [0.3, 0.4) is 0 Å². The average molecular weight is 342 g/mol. The van der Waals surface area contributed by atoms with Gasteiger partial charge in [0, 0.05) is 22.3 Å². The molecule has 0 aliphatic heterocycles. The van der Waals surface area contributed by atoms with E-state index >= 15 is 0 Å². The van der Waals surface area contributed by atoms with Crippen molar-refractivity contribution in [3.05, 3.63) is 81.3 Å². The minimum absolute atomic E-state index is 0.137. The van der Waals surface area contributed by atoms with Crippen molar-refractivity contribution in [2.24, 2.45) is 0 Å². The van der Waals surface area contributed by atoms with Crippen molar-refractivity contribution < 1.29 is 0 Å². The highest BCUT2D eigenvalue weighted by Crippen LogP contribution is 2.18. The van der Waals surface area contributed by atoms with Gasteiger partial charge in [0.2, 0.25) is 0 Å². The molecule has 0 spiro atoms. The molecular formula is C16H12BrN3O. The van der Waals surface area contributed by atoms with Crippen LogP contribution in [0.2, 0.25) is 0 Å². The number of halogens is 1.